The van der Waals surface area contributed by atoms with E-state index in [1.54, 1.807) is 12.1 Å². The average Bonchev–Trinajstić information content (AvgIpc) is 2.46. The standard InChI is InChI=1S/C16H22N2O4/c1-10(13(19)18-15(21)17-5)22-14(20)11-6-8-12(9-7-11)16(2,3)4/h6-10H,1-5H3,(H2,17,18,19,21). The minimum absolute atomic E-state index is 0.0108. The van der Waals surface area contributed by atoms with Crippen LogP contribution in [0.1, 0.15) is 43.6 Å². The van der Waals surface area contributed by atoms with Gasteiger partial charge in [-0.15, -0.1) is 0 Å². The van der Waals surface area contributed by atoms with Crippen LogP contribution in [0, 0.1) is 0 Å². The molecule has 6 nitrogen and oxygen atoms in total. The molecule has 0 spiro atoms. The van der Waals surface area contributed by atoms with Crippen molar-refractivity contribution in [3.8, 4) is 0 Å². The second kappa shape index (κ2) is 7.06. The number of esters is 1. The number of carbonyl (C=O) groups is 3. The van der Waals surface area contributed by atoms with E-state index in [0.717, 1.165) is 5.56 Å². The third-order valence-electron chi connectivity index (χ3n) is 3.10. The number of benzene rings is 1. The number of amides is 3. The van der Waals surface area contributed by atoms with E-state index >= 15 is 0 Å². The van der Waals surface area contributed by atoms with E-state index in [-0.39, 0.29) is 5.41 Å². The van der Waals surface area contributed by atoms with Gasteiger partial charge in [0, 0.05) is 7.05 Å². The van der Waals surface area contributed by atoms with Gasteiger partial charge in [-0.2, -0.15) is 0 Å². The molecule has 1 aromatic carbocycles. The largest absolute Gasteiger partial charge is 0.449 e. The summed E-state index contributed by atoms with van der Waals surface area (Å²) >= 11 is 0. The summed E-state index contributed by atoms with van der Waals surface area (Å²) in [5.41, 5.74) is 1.44. The van der Waals surface area contributed by atoms with Gasteiger partial charge in [0.25, 0.3) is 5.91 Å². The maximum atomic E-state index is 12.0. The van der Waals surface area contributed by atoms with Gasteiger partial charge in [-0.25, -0.2) is 9.59 Å². The number of nitrogens with one attached hydrogen (secondary N) is 2. The number of hydrogen-bond donors (Lipinski definition) is 2. The van der Waals surface area contributed by atoms with E-state index in [4.69, 9.17) is 4.74 Å². The first-order chi connectivity index (χ1) is 10.1. The number of rotatable bonds is 3. The summed E-state index contributed by atoms with van der Waals surface area (Å²) < 4.78 is 5.04. The first-order valence-electron chi connectivity index (χ1n) is 6.99. The van der Waals surface area contributed by atoms with Gasteiger partial charge < -0.3 is 10.1 Å². The van der Waals surface area contributed by atoms with Crippen LogP contribution in [0.15, 0.2) is 24.3 Å². The molecule has 3 amide bonds. The highest BCUT2D eigenvalue weighted by atomic mass is 16.5. The topological polar surface area (TPSA) is 84.5 Å². The zero-order chi connectivity index (χ0) is 16.9. The second-order valence-corrected chi connectivity index (χ2v) is 5.94. The van der Waals surface area contributed by atoms with E-state index in [9.17, 15) is 14.4 Å². The number of urea groups is 1. The lowest BCUT2D eigenvalue weighted by Crippen LogP contribution is -2.43. The van der Waals surface area contributed by atoms with Gasteiger partial charge in [-0.3, -0.25) is 10.1 Å². The molecule has 0 aromatic heterocycles. The third-order valence-corrected chi connectivity index (χ3v) is 3.10. The lowest BCUT2D eigenvalue weighted by Gasteiger charge is -2.19. The molecule has 0 fully saturated rings. The molecule has 1 atom stereocenters. The van der Waals surface area contributed by atoms with Crippen LogP contribution in [-0.2, 0) is 14.9 Å². The molecule has 0 bridgehead atoms. The Kier molecular flexibility index (Phi) is 5.68. The molecule has 6 heteroatoms. The van der Waals surface area contributed by atoms with Gasteiger partial charge in [-0.1, -0.05) is 32.9 Å². The molecular formula is C16H22N2O4. The molecule has 0 aliphatic rings. The number of ether oxygens (including phenoxy) is 1. The molecule has 2 N–H and O–H groups in total. The van der Waals surface area contributed by atoms with Crippen LogP contribution in [0.4, 0.5) is 4.79 Å². The fraction of sp³-hybridized carbons (Fsp3) is 0.438. The fourth-order valence-corrected chi connectivity index (χ4v) is 1.66. The Morgan fingerprint density at radius 3 is 2.09 bits per heavy atom. The minimum atomic E-state index is -1.06. The Hall–Kier alpha value is -2.37. The average molecular weight is 306 g/mol. The Labute approximate surface area is 130 Å². The monoisotopic (exact) mass is 306 g/mol. The van der Waals surface area contributed by atoms with Crippen molar-refractivity contribution in [1.82, 2.24) is 10.6 Å². The summed E-state index contributed by atoms with van der Waals surface area (Å²) in [7, 11) is 1.38. The van der Waals surface area contributed by atoms with E-state index in [0.29, 0.717) is 5.56 Å². The van der Waals surface area contributed by atoms with Gasteiger partial charge in [0.05, 0.1) is 5.56 Å². The summed E-state index contributed by atoms with van der Waals surface area (Å²) in [5.74, 6) is -1.29. The van der Waals surface area contributed by atoms with Crippen LogP contribution in [0.2, 0.25) is 0 Å². The minimum Gasteiger partial charge on any atom is -0.449 e. The molecule has 1 aromatic rings. The van der Waals surface area contributed by atoms with Gasteiger partial charge in [-0.05, 0) is 30.0 Å². The quantitative estimate of drug-likeness (QED) is 0.836. The smallest absolute Gasteiger partial charge is 0.338 e. The van der Waals surface area contributed by atoms with Crippen LogP contribution in [0.3, 0.4) is 0 Å². The molecule has 22 heavy (non-hydrogen) atoms. The first-order valence-corrected chi connectivity index (χ1v) is 6.99. The highest BCUT2D eigenvalue weighted by Crippen LogP contribution is 2.22. The van der Waals surface area contributed by atoms with Gasteiger partial charge in [0.1, 0.15) is 0 Å². The summed E-state index contributed by atoms with van der Waals surface area (Å²) in [5, 5.41) is 4.29. The molecule has 120 valence electrons. The van der Waals surface area contributed by atoms with Crippen LogP contribution in [0.25, 0.3) is 0 Å². The van der Waals surface area contributed by atoms with Gasteiger partial charge >= 0.3 is 12.0 Å². The summed E-state index contributed by atoms with van der Waals surface area (Å²) in [4.78, 5) is 34.6. The zero-order valence-corrected chi connectivity index (χ0v) is 13.5. The second-order valence-electron chi connectivity index (χ2n) is 5.94. The number of carbonyl (C=O) groups excluding carboxylic acids is 3. The molecule has 0 heterocycles. The highest BCUT2D eigenvalue weighted by molar-refractivity contribution is 5.98. The molecule has 0 saturated carbocycles. The Morgan fingerprint density at radius 2 is 1.64 bits per heavy atom. The molecule has 0 aliphatic carbocycles. The van der Waals surface area contributed by atoms with Crippen molar-refractivity contribution in [2.24, 2.45) is 0 Å². The van der Waals surface area contributed by atoms with Crippen molar-refractivity contribution >= 4 is 17.9 Å². The van der Waals surface area contributed by atoms with E-state index in [1.165, 1.54) is 14.0 Å². The van der Waals surface area contributed by atoms with Crippen molar-refractivity contribution in [3.63, 3.8) is 0 Å². The normalized spacial score (nSPS) is 12.2. The lowest BCUT2D eigenvalue weighted by molar-refractivity contribution is -0.127. The van der Waals surface area contributed by atoms with Crippen LogP contribution < -0.4 is 10.6 Å². The molecule has 1 unspecified atom stereocenters. The maximum absolute atomic E-state index is 12.0. The Bertz CT molecular complexity index is 559. The van der Waals surface area contributed by atoms with E-state index < -0.39 is 24.0 Å². The third kappa shape index (κ3) is 4.87. The van der Waals surface area contributed by atoms with Crippen LogP contribution in [0.5, 0.6) is 0 Å². The molecule has 1 rings (SSSR count). The molecular weight excluding hydrogens is 284 g/mol. The Morgan fingerprint density at radius 1 is 1.09 bits per heavy atom. The van der Waals surface area contributed by atoms with Gasteiger partial charge in [0.2, 0.25) is 0 Å². The predicted molar refractivity (Wildman–Crippen MR) is 82.6 cm³/mol. The maximum Gasteiger partial charge on any atom is 0.338 e. The number of hydrogen-bond acceptors (Lipinski definition) is 4. The van der Waals surface area contributed by atoms with Crippen molar-refractivity contribution in [2.75, 3.05) is 7.05 Å². The van der Waals surface area contributed by atoms with Crippen molar-refractivity contribution < 1.29 is 19.1 Å². The van der Waals surface area contributed by atoms with Crippen molar-refractivity contribution in [3.05, 3.63) is 35.4 Å². The molecule has 0 radical (unpaired) electrons. The zero-order valence-electron chi connectivity index (χ0n) is 13.5. The van der Waals surface area contributed by atoms with Crippen molar-refractivity contribution in [2.45, 2.75) is 39.2 Å². The lowest BCUT2D eigenvalue weighted by atomic mass is 9.87. The van der Waals surface area contributed by atoms with Crippen LogP contribution in [-0.4, -0.2) is 31.1 Å². The summed E-state index contributed by atoms with van der Waals surface area (Å²) in [6.07, 6.45) is -1.06. The Balaban J connectivity index is 2.69. The summed E-state index contributed by atoms with van der Waals surface area (Å²) in [6, 6.07) is 6.37. The molecule has 0 saturated heterocycles. The predicted octanol–water partition coefficient (Wildman–Crippen LogP) is 1.98. The van der Waals surface area contributed by atoms with E-state index in [1.807, 2.05) is 17.4 Å². The van der Waals surface area contributed by atoms with E-state index in [2.05, 4.69) is 26.1 Å². The SMILES string of the molecule is CNC(=O)NC(=O)C(C)OC(=O)c1ccc(C(C)(C)C)cc1. The number of imide groups is 1. The van der Waals surface area contributed by atoms with Crippen molar-refractivity contribution in [1.29, 1.82) is 0 Å². The van der Waals surface area contributed by atoms with Gasteiger partial charge in [0.15, 0.2) is 6.10 Å². The first kappa shape index (κ1) is 17.7. The van der Waals surface area contributed by atoms with Crippen LogP contribution >= 0.6 is 0 Å². The summed E-state index contributed by atoms with van der Waals surface area (Å²) in [6.45, 7) is 7.63. The highest BCUT2D eigenvalue weighted by Gasteiger charge is 2.21. The molecule has 0 aliphatic heterocycles. The fourth-order valence-electron chi connectivity index (χ4n) is 1.66.